The van der Waals surface area contributed by atoms with Crippen LogP contribution in [0.25, 0.3) is 0 Å². The fraction of sp³-hybridized carbons (Fsp3) is 0.500. The third-order valence-corrected chi connectivity index (χ3v) is 2.65. The van der Waals surface area contributed by atoms with Crippen molar-refractivity contribution < 1.29 is 14.2 Å². The van der Waals surface area contributed by atoms with Crippen LogP contribution in [0.1, 0.15) is 18.2 Å². The highest BCUT2D eigenvalue weighted by atomic mass is 16.5. The molecule has 0 bridgehead atoms. The van der Waals surface area contributed by atoms with Crippen molar-refractivity contribution in [3.8, 4) is 11.5 Å². The first-order chi connectivity index (χ1) is 7.85. The van der Waals surface area contributed by atoms with Crippen LogP contribution in [0.3, 0.4) is 0 Å². The molecule has 1 saturated heterocycles. The van der Waals surface area contributed by atoms with Crippen LogP contribution in [0, 0.1) is 0 Å². The minimum absolute atomic E-state index is 0.0337. The molecule has 0 radical (unpaired) electrons. The van der Waals surface area contributed by atoms with Gasteiger partial charge in [0.05, 0.1) is 20.8 Å². The molecule has 1 atom stereocenters. The zero-order chi connectivity index (χ0) is 11.4. The first-order valence-electron chi connectivity index (χ1n) is 5.42. The van der Waals surface area contributed by atoms with Gasteiger partial charge in [0.2, 0.25) is 0 Å². The van der Waals surface area contributed by atoms with E-state index in [0.717, 1.165) is 36.6 Å². The van der Waals surface area contributed by atoms with Gasteiger partial charge in [-0.05, 0) is 24.1 Å². The molecule has 0 saturated carbocycles. The van der Waals surface area contributed by atoms with Gasteiger partial charge < -0.3 is 14.2 Å². The van der Waals surface area contributed by atoms with Crippen LogP contribution in [0.5, 0.6) is 11.5 Å². The zero-order valence-corrected chi connectivity index (χ0v) is 9.66. The van der Waals surface area contributed by atoms with E-state index in [1.807, 2.05) is 18.2 Å². The molecule has 1 unspecified atom stereocenters. The van der Waals surface area contributed by atoms with E-state index in [-0.39, 0.29) is 6.23 Å². The fourth-order valence-corrected chi connectivity index (χ4v) is 1.80. The molecule has 4 heteroatoms. The molecule has 0 amide bonds. The number of hydrogen-bond acceptors (Lipinski definition) is 4. The van der Waals surface area contributed by atoms with Gasteiger partial charge in [0.1, 0.15) is 6.23 Å². The van der Waals surface area contributed by atoms with E-state index >= 15 is 0 Å². The van der Waals surface area contributed by atoms with Crippen molar-refractivity contribution in [3.63, 3.8) is 0 Å². The van der Waals surface area contributed by atoms with Crippen molar-refractivity contribution in [3.05, 3.63) is 23.8 Å². The predicted molar refractivity (Wildman–Crippen MR) is 60.9 cm³/mol. The molecule has 1 aliphatic heterocycles. The lowest BCUT2D eigenvalue weighted by molar-refractivity contribution is -0.000449. The van der Waals surface area contributed by atoms with Crippen LogP contribution in [-0.4, -0.2) is 27.4 Å². The molecule has 0 aromatic heterocycles. The Labute approximate surface area is 95.5 Å². The normalized spacial score (nSPS) is 20.5. The summed E-state index contributed by atoms with van der Waals surface area (Å²) in [6.07, 6.45) is 1.03. The van der Waals surface area contributed by atoms with Crippen LogP contribution >= 0.6 is 0 Å². The average molecular weight is 223 g/mol. The highest BCUT2D eigenvalue weighted by molar-refractivity contribution is 5.43. The number of rotatable bonds is 3. The molecular weight excluding hydrogens is 206 g/mol. The summed E-state index contributed by atoms with van der Waals surface area (Å²) in [6.45, 7) is 1.78. The number of benzene rings is 1. The quantitative estimate of drug-likeness (QED) is 0.846. The summed E-state index contributed by atoms with van der Waals surface area (Å²) >= 11 is 0. The molecule has 88 valence electrons. The lowest BCUT2D eigenvalue weighted by Crippen LogP contribution is -2.31. The smallest absolute Gasteiger partial charge is 0.161 e. The molecule has 0 spiro atoms. The first kappa shape index (κ1) is 11.2. The SMILES string of the molecule is COc1ccc(C2NCCCO2)cc1OC. The summed E-state index contributed by atoms with van der Waals surface area (Å²) in [5, 5.41) is 3.31. The monoisotopic (exact) mass is 223 g/mol. The van der Waals surface area contributed by atoms with E-state index in [1.54, 1.807) is 14.2 Å². The molecule has 4 nitrogen and oxygen atoms in total. The molecule has 2 rings (SSSR count). The van der Waals surface area contributed by atoms with Gasteiger partial charge >= 0.3 is 0 Å². The molecule has 1 aromatic carbocycles. The number of methoxy groups -OCH3 is 2. The summed E-state index contributed by atoms with van der Waals surface area (Å²) < 4.78 is 16.1. The van der Waals surface area contributed by atoms with Gasteiger partial charge in [0.25, 0.3) is 0 Å². The Bertz CT molecular complexity index is 348. The Kier molecular flexibility index (Phi) is 3.64. The highest BCUT2D eigenvalue weighted by Crippen LogP contribution is 2.30. The highest BCUT2D eigenvalue weighted by Gasteiger charge is 2.16. The van der Waals surface area contributed by atoms with Gasteiger partial charge in [-0.15, -0.1) is 0 Å². The van der Waals surface area contributed by atoms with Gasteiger partial charge in [-0.2, -0.15) is 0 Å². The maximum atomic E-state index is 5.63. The fourth-order valence-electron chi connectivity index (χ4n) is 1.80. The van der Waals surface area contributed by atoms with E-state index in [1.165, 1.54) is 0 Å². The Morgan fingerprint density at radius 2 is 2.06 bits per heavy atom. The molecule has 1 N–H and O–H groups in total. The summed E-state index contributed by atoms with van der Waals surface area (Å²) in [5.74, 6) is 1.47. The van der Waals surface area contributed by atoms with E-state index in [0.29, 0.717) is 0 Å². The molecule has 1 fully saturated rings. The van der Waals surface area contributed by atoms with E-state index in [4.69, 9.17) is 14.2 Å². The number of hydrogen-bond donors (Lipinski definition) is 1. The van der Waals surface area contributed by atoms with E-state index in [2.05, 4.69) is 5.32 Å². The Morgan fingerprint density at radius 3 is 2.69 bits per heavy atom. The summed E-state index contributed by atoms with van der Waals surface area (Å²) in [5.41, 5.74) is 1.07. The zero-order valence-electron chi connectivity index (χ0n) is 9.66. The van der Waals surface area contributed by atoms with Gasteiger partial charge in [0, 0.05) is 6.54 Å². The van der Waals surface area contributed by atoms with Crippen molar-refractivity contribution in [2.24, 2.45) is 0 Å². The topological polar surface area (TPSA) is 39.7 Å². The van der Waals surface area contributed by atoms with Gasteiger partial charge in [-0.25, -0.2) is 0 Å². The predicted octanol–water partition coefficient (Wildman–Crippen LogP) is 1.71. The second-order valence-corrected chi connectivity index (χ2v) is 3.67. The minimum Gasteiger partial charge on any atom is -0.493 e. The first-order valence-corrected chi connectivity index (χ1v) is 5.42. The van der Waals surface area contributed by atoms with Gasteiger partial charge in [-0.3, -0.25) is 5.32 Å². The van der Waals surface area contributed by atoms with Crippen LogP contribution < -0.4 is 14.8 Å². The Hall–Kier alpha value is -1.26. The summed E-state index contributed by atoms with van der Waals surface area (Å²) in [6, 6.07) is 5.83. The standard InChI is InChI=1S/C12H17NO3/c1-14-10-5-4-9(8-11(10)15-2)12-13-6-3-7-16-12/h4-5,8,12-13H,3,6-7H2,1-2H3. The van der Waals surface area contributed by atoms with Gasteiger partial charge in [0.15, 0.2) is 11.5 Å². The number of ether oxygens (including phenoxy) is 3. The summed E-state index contributed by atoms with van der Waals surface area (Å²) in [4.78, 5) is 0. The van der Waals surface area contributed by atoms with Crippen LogP contribution in [-0.2, 0) is 4.74 Å². The van der Waals surface area contributed by atoms with Crippen molar-refractivity contribution in [2.75, 3.05) is 27.4 Å². The van der Waals surface area contributed by atoms with Crippen LogP contribution in [0.4, 0.5) is 0 Å². The molecule has 1 heterocycles. The average Bonchev–Trinajstić information content (AvgIpc) is 2.39. The molecule has 16 heavy (non-hydrogen) atoms. The van der Waals surface area contributed by atoms with Crippen LogP contribution in [0.15, 0.2) is 18.2 Å². The van der Waals surface area contributed by atoms with Crippen LogP contribution in [0.2, 0.25) is 0 Å². The molecule has 1 aromatic rings. The van der Waals surface area contributed by atoms with Gasteiger partial charge in [-0.1, -0.05) is 6.07 Å². The third-order valence-electron chi connectivity index (χ3n) is 2.65. The van der Waals surface area contributed by atoms with Crippen molar-refractivity contribution in [1.82, 2.24) is 5.32 Å². The summed E-state index contributed by atoms with van der Waals surface area (Å²) in [7, 11) is 3.27. The Morgan fingerprint density at radius 1 is 1.25 bits per heavy atom. The largest absolute Gasteiger partial charge is 0.493 e. The molecular formula is C12H17NO3. The van der Waals surface area contributed by atoms with E-state index in [9.17, 15) is 0 Å². The maximum absolute atomic E-state index is 5.63. The lowest BCUT2D eigenvalue weighted by Gasteiger charge is -2.25. The number of nitrogens with one attached hydrogen (secondary N) is 1. The van der Waals surface area contributed by atoms with Crippen molar-refractivity contribution >= 4 is 0 Å². The molecule has 0 aliphatic carbocycles. The van der Waals surface area contributed by atoms with E-state index < -0.39 is 0 Å². The second-order valence-electron chi connectivity index (χ2n) is 3.67. The van der Waals surface area contributed by atoms with Crippen molar-refractivity contribution in [2.45, 2.75) is 12.6 Å². The maximum Gasteiger partial charge on any atom is 0.161 e. The van der Waals surface area contributed by atoms with Crippen molar-refractivity contribution in [1.29, 1.82) is 0 Å². The Balaban J connectivity index is 2.20. The minimum atomic E-state index is -0.0337. The molecule has 1 aliphatic rings. The second kappa shape index (κ2) is 5.18. The lowest BCUT2D eigenvalue weighted by atomic mass is 10.1. The third kappa shape index (κ3) is 2.28.